The summed E-state index contributed by atoms with van der Waals surface area (Å²) in [6.07, 6.45) is 0.0269. The van der Waals surface area contributed by atoms with Crippen LogP contribution in [0, 0.1) is 6.92 Å². The number of rotatable bonds is 7. The van der Waals surface area contributed by atoms with Crippen molar-refractivity contribution < 1.29 is 22.7 Å². The quantitative estimate of drug-likeness (QED) is 0.505. The van der Waals surface area contributed by atoms with Gasteiger partial charge in [0.2, 0.25) is 0 Å². The van der Waals surface area contributed by atoms with Crippen LogP contribution in [0.2, 0.25) is 0 Å². The molecule has 0 saturated heterocycles. The minimum atomic E-state index is -3.29. The van der Waals surface area contributed by atoms with Crippen molar-refractivity contribution in [3.8, 4) is 0 Å². The Bertz CT molecular complexity index is 1290. The van der Waals surface area contributed by atoms with Gasteiger partial charge in [0, 0.05) is 0 Å². The van der Waals surface area contributed by atoms with E-state index in [1.54, 1.807) is 30.5 Å². The predicted octanol–water partition coefficient (Wildman–Crippen LogP) is 3.04. The summed E-state index contributed by atoms with van der Waals surface area (Å²) in [6, 6.07) is 12.1. The molecule has 0 aliphatic rings. The van der Waals surface area contributed by atoms with Crippen molar-refractivity contribution in [3.63, 3.8) is 0 Å². The molecule has 3 aromatic rings. The molecule has 1 amide bonds. The zero-order chi connectivity index (χ0) is 22.6. The number of fused-ring (bicyclic) bond motifs is 1. The van der Waals surface area contributed by atoms with E-state index in [0.29, 0.717) is 10.4 Å². The van der Waals surface area contributed by atoms with Crippen LogP contribution < -0.4 is 4.80 Å². The zero-order valence-electron chi connectivity index (χ0n) is 17.6. The van der Waals surface area contributed by atoms with Crippen LogP contribution >= 0.6 is 11.3 Å². The molecule has 0 bridgehead atoms. The van der Waals surface area contributed by atoms with E-state index in [1.165, 1.54) is 23.5 Å². The van der Waals surface area contributed by atoms with Crippen LogP contribution in [0.3, 0.4) is 0 Å². The molecule has 0 atom stereocenters. The lowest BCUT2D eigenvalue weighted by molar-refractivity contribution is -0.143. The number of amides is 1. The highest BCUT2D eigenvalue weighted by Gasteiger charge is 2.14. The Balaban J connectivity index is 1.92. The molecule has 2 aromatic carbocycles. The second kappa shape index (κ2) is 9.57. The SMILES string of the molecule is CCOC(=O)Cn1c(=NC(=O)Cc2ccc(S(=O)(=O)CC)cc2)sc2cc(C)ccc21. The van der Waals surface area contributed by atoms with Crippen molar-refractivity contribution in [2.24, 2.45) is 4.99 Å². The van der Waals surface area contributed by atoms with E-state index in [0.717, 1.165) is 15.8 Å². The number of benzene rings is 2. The maximum atomic E-state index is 12.6. The van der Waals surface area contributed by atoms with Crippen LogP contribution in [0.1, 0.15) is 25.0 Å². The van der Waals surface area contributed by atoms with Gasteiger partial charge in [0.05, 0.1) is 33.9 Å². The number of aryl methyl sites for hydroxylation is 1. The van der Waals surface area contributed by atoms with Gasteiger partial charge >= 0.3 is 5.97 Å². The number of sulfone groups is 1. The Morgan fingerprint density at radius 3 is 2.45 bits per heavy atom. The second-order valence-electron chi connectivity index (χ2n) is 6.98. The summed E-state index contributed by atoms with van der Waals surface area (Å²) >= 11 is 1.33. The molecule has 0 aliphatic heterocycles. The molecule has 7 nitrogen and oxygen atoms in total. The van der Waals surface area contributed by atoms with Crippen LogP contribution in [0.25, 0.3) is 10.2 Å². The monoisotopic (exact) mass is 460 g/mol. The van der Waals surface area contributed by atoms with Crippen molar-refractivity contribution in [3.05, 3.63) is 58.4 Å². The largest absolute Gasteiger partial charge is 0.465 e. The average Bonchev–Trinajstić information content (AvgIpc) is 3.04. The Morgan fingerprint density at radius 1 is 1.10 bits per heavy atom. The molecule has 0 radical (unpaired) electrons. The molecule has 0 saturated carbocycles. The molecule has 1 heterocycles. The van der Waals surface area contributed by atoms with Crippen LogP contribution in [-0.4, -0.2) is 37.2 Å². The number of ether oxygens (including phenoxy) is 1. The number of thiazole rings is 1. The number of aromatic nitrogens is 1. The van der Waals surface area contributed by atoms with Gasteiger partial charge in [-0.2, -0.15) is 4.99 Å². The van der Waals surface area contributed by atoms with Crippen LogP contribution in [-0.2, 0) is 37.1 Å². The Morgan fingerprint density at radius 2 is 1.81 bits per heavy atom. The standard InChI is InChI=1S/C22H24N2O5S2/c1-4-29-21(26)14-24-18-11-6-15(3)12-19(18)30-22(24)23-20(25)13-16-7-9-17(10-8-16)31(27,28)5-2/h6-12H,4-5,13-14H2,1-3H3. The fraction of sp³-hybridized carbons (Fsp3) is 0.318. The highest BCUT2D eigenvalue weighted by atomic mass is 32.2. The number of carbonyl (C=O) groups is 2. The van der Waals surface area contributed by atoms with Gasteiger partial charge in [-0.25, -0.2) is 8.42 Å². The van der Waals surface area contributed by atoms with Gasteiger partial charge in [-0.1, -0.05) is 36.5 Å². The lowest BCUT2D eigenvalue weighted by atomic mass is 10.1. The predicted molar refractivity (Wildman–Crippen MR) is 120 cm³/mol. The summed E-state index contributed by atoms with van der Waals surface area (Å²) in [7, 11) is -3.29. The molecular weight excluding hydrogens is 436 g/mol. The summed E-state index contributed by atoms with van der Waals surface area (Å²) in [5, 5.41) is 0. The maximum Gasteiger partial charge on any atom is 0.326 e. The van der Waals surface area contributed by atoms with E-state index < -0.39 is 15.8 Å². The van der Waals surface area contributed by atoms with Gasteiger partial charge in [-0.15, -0.1) is 0 Å². The minimum absolute atomic E-state index is 0.0203. The van der Waals surface area contributed by atoms with Gasteiger partial charge in [0.15, 0.2) is 14.6 Å². The number of hydrogen-bond acceptors (Lipinski definition) is 6. The van der Waals surface area contributed by atoms with Crippen molar-refractivity contribution in [2.75, 3.05) is 12.4 Å². The third kappa shape index (κ3) is 5.48. The Kier molecular flexibility index (Phi) is 7.07. The van der Waals surface area contributed by atoms with Gasteiger partial charge in [-0.05, 0) is 49.2 Å². The van der Waals surface area contributed by atoms with E-state index in [9.17, 15) is 18.0 Å². The topological polar surface area (TPSA) is 94.8 Å². The van der Waals surface area contributed by atoms with Crippen LogP contribution in [0.4, 0.5) is 0 Å². The summed E-state index contributed by atoms with van der Waals surface area (Å²) in [6.45, 7) is 5.54. The Labute approximate surface area is 184 Å². The Hall–Kier alpha value is -2.78. The maximum absolute atomic E-state index is 12.6. The number of nitrogens with zero attached hydrogens (tertiary/aromatic N) is 2. The van der Waals surface area contributed by atoms with Crippen molar-refractivity contribution in [1.29, 1.82) is 0 Å². The molecule has 0 unspecified atom stereocenters. The van der Waals surface area contributed by atoms with Gasteiger partial charge < -0.3 is 9.30 Å². The number of carbonyl (C=O) groups excluding carboxylic acids is 2. The molecule has 0 N–H and O–H groups in total. The van der Waals surface area contributed by atoms with Gasteiger partial charge in [0.1, 0.15) is 6.54 Å². The van der Waals surface area contributed by atoms with Gasteiger partial charge in [0.25, 0.3) is 5.91 Å². The van der Waals surface area contributed by atoms with E-state index in [-0.39, 0.29) is 36.1 Å². The highest BCUT2D eigenvalue weighted by molar-refractivity contribution is 7.91. The first kappa shape index (κ1) is 22.9. The van der Waals surface area contributed by atoms with Crippen molar-refractivity contribution in [2.45, 2.75) is 38.6 Å². The molecule has 0 fully saturated rings. The fourth-order valence-electron chi connectivity index (χ4n) is 3.06. The summed E-state index contributed by atoms with van der Waals surface area (Å²) in [5.74, 6) is -0.761. The smallest absolute Gasteiger partial charge is 0.326 e. The molecule has 9 heteroatoms. The fourth-order valence-corrected chi connectivity index (χ4v) is 5.09. The van der Waals surface area contributed by atoms with E-state index in [2.05, 4.69) is 4.99 Å². The molecular formula is C22H24N2O5S2. The average molecular weight is 461 g/mol. The first-order valence-corrected chi connectivity index (χ1v) is 12.3. The normalized spacial score (nSPS) is 12.3. The number of hydrogen-bond donors (Lipinski definition) is 0. The summed E-state index contributed by atoms with van der Waals surface area (Å²) in [4.78, 5) is 29.6. The summed E-state index contributed by atoms with van der Waals surface area (Å²) < 4.78 is 31.5. The highest BCUT2D eigenvalue weighted by Crippen LogP contribution is 2.19. The van der Waals surface area contributed by atoms with E-state index >= 15 is 0 Å². The lowest BCUT2D eigenvalue weighted by Crippen LogP contribution is -2.23. The van der Waals surface area contributed by atoms with E-state index in [4.69, 9.17) is 4.74 Å². The van der Waals surface area contributed by atoms with Crippen molar-refractivity contribution >= 4 is 43.3 Å². The molecule has 0 spiro atoms. The zero-order valence-corrected chi connectivity index (χ0v) is 19.3. The molecule has 3 rings (SSSR count). The molecule has 164 valence electrons. The van der Waals surface area contributed by atoms with Gasteiger partial charge in [-0.3, -0.25) is 9.59 Å². The first-order valence-electron chi connectivity index (χ1n) is 9.88. The third-order valence-corrected chi connectivity index (χ3v) is 7.46. The molecule has 1 aromatic heterocycles. The minimum Gasteiger partial charge on any atom is -0.465 e. The van der Waals surface area contributed by atoms with E-state index in [1.807, 2.05) is 25.1 Å². The molecule has 0 aliphatic carbocycles. The first-order chi connectivity index (χ1) is 14.7. The van der Waals surface area contributed by atoms with Crippen LogP contribution in [0.15, 0.2) is 52.4 Å². The number of esters is 1. The second-order valence-corrected chi connectivity index (χ2v) is 10.3. The molecule has 31 heavy (non-hydrogen) atoms. The summed E-state index contributed by atoms with van der Waals surface area (Å²) in [5.41, 5.74) is 2.54. The lowest BCUT2D eigenvalue weighted by Gasteiger charge is -2.05. The van der Waals surface area contributed by atoms with Crippen LogP contribution in [0.5, 0.6) is 0 Å². The third-order valence-electron chi connectivity index (χ3n) is 4.67. The van der Waals surface area contributed by atoms with Crippen molar-refractivity contribution in [1.82, 2.24) is 4.57 Å².